The molecular weight excluding hydrogens is 310 g/mol. The van der Waals surface area contributed by atoms with E-state index in [-0.39, 0.29) is 12.5 Å². The van der Waals surface area contributed by atoms with E-state index in [0.29, 0.717) is 0 Å². The van der Waals surface area contributed by atoms with Gasteiger partial charge in [0.25, 0.3) is 0 Å². The zero-order chi connectivity index (χ0) is 14.4. The van der Waals surface area contributed by atoms with Crippen molar-refractivity contribution in [3.63, 3.8) is 0 Å². The number of aliphatic carboxylic acids is 1. The smallest absolute Gasteiger partial charge is 0.308 e. The second-order valence-electron chi connectivity index (χ2n) is 4.34. The zero-order valence-corrected chi connectivity index (χ0v) is 12.4. The number of carbonyl (C=O) groups is 2. The van der Waals surface area contributed by atoms with Crippen LogP contribution in [0, 0.1) is 5.92 Å². The number of likely N-dealkylation sites (N-methyl/N-ethyl adjacent to an activating group) is 1. The third kappa shape index (κ3) is 5.26. The van der Waals surface area contributed by atoms with Gasteiger partial charge < -0.3 is 10.0 Å². The first-order chi connectivity index (χ1) is 8.90. The monoisotopic (exact) mass is 325 g/mol. The Labute approximate surface area is 120 Å². The van der Waals surface area contributed by atoms with Crippen LogP contribution in [0.1, 0.15) is 12.5 Å². The van der Waals surface area contributed by atoms with Crippen molar-refractivity contribution in [3.05, 3.63) is 40.4 Å². The van der Waals surface area contributed by atoms with Crippen LogP contribution in [0.25, 0.3) is 6.08 Å². The summed E-state index contributed by atoms with van der Waals surface area (Å²) in [5, 5.41) is 8.79. The Balaban J connectivity index is 2.58. The molecule has 0 aromatic heterocycles. The Morgan fingerprint density at radius 1 is 1.37 bits per heavy atom. The molecule has 0 radical (unpaired) electrons. The highest BCUT2D eigenvalue weighted by molar-refractivity contribution is 9.10. The maximum atomic E-state index is 11.8. The van der Waals surface area contributed by atoms with E-state index in [1.54, 1.807) is 20.0 Å². The highest BCUT2D eigenvalue weighted by Crippen LogP contribution is 2.11. The van der Waals surface area contributed by atoms with Crippen molar-refractivity contribution in [2.45, 2.75) is 6.92 Å². The van der Waals surface area contributed by atoms with Gasteiger partial charge in [0.15, 0.2) is 0 Å². The summed E-state index contributed by atoms with van der Waals surface area (Å²) in [6.45, 7) is 1.77. The molecule has 5 heteroatoms. The fourth-order valence-corrected chi connectivity index (χ4v) is 1.71. The summed E-state index contributed by atoms with van der Waals surface area (Å²) in [4.78, 5) is 23.9. The molecule has 19 heavy (non-hydrogen) atoms. The van der Waals surface area contributed by atoms with Crippen LogP contribution in [0.5, 0.6) is 0 Å². The van der Waals surface area contributed by atoms with Gasteiger partial charge in [-0.05, 0) is 23.8 Å². The van der Waals surface area contributed by atoms with Gasteiger partial charge in [0.05, 0.1) is 5.92 Å². The van der Waals surface area contributed by atoms with E-state index in [9.17, 15) is 9.59 Å². The average Bonchev–Trinajstić information content (AvgIpc) is 2.37. The molecule has 1 rings (SSSR count). The van der Waals surface area contributed by atoms with Crippen molar-refractivity contribution >= 4 is 33.9 Å². The van der Waals surface area contributed by atoms with E-state index >= 15 is 0 Å². The maximum absolute atomic E-state index is 11.8. The molecule has 0 aliphatic rings. The summed E-state index contributed by atoms with van der Waals surface area (Å²) in [6, 6.07) is 7.54. The zero-order valence-electron chi connectivity index (χ0n) is 10.8. The van der Waals surface area contributed by atoms with E-state index in [0.717, 1.165) is 10.0 Å². The van der Waals surface area contributed by atoms with Gasteiger partial charge in [0.2, 0.25) is 5.91 Å². The van der Waals surface area contributed by atoms with Gasteiger partial charge in [-0.25, -0.2) is 0 Å². The minimum atomic E-state index is -0.906. The number of nitrogens with zero attached hydrogens (tertiary/aromatic N) is 1. The van der Waals surface area contributed by atoms with Crippen LogP contribution in [0.15, 0.2) is 34.8 Å². The first-order valence-corrected chi connectivity index (χ1v) is 6.61. The van der Waals surface area contributed by atoms with E-state index in [4.69, 9.17) is 5.11 Å². The number of amides is 1. The fraction of sp³-hybridized carbons (Fsp3) is 0.286. The van der Waals surface area contributed by atoms with Crippen LogP contribution in [-0.4, -0.2) is 35.5 Å². The number of rotatable bonds is 5. The van der Waals surface area contributed by atoms with Crippen LogP contribution in [0.3, 0.4) is 0 Å². The molecule has 0 aliphatic heterocycles. The van der Waals surface area contributed by atoms with Gasteiger partial charge in [0.1, 0.15) is 0 Å². The van der Waals surface area contributed by atoms with E-state index < -0.39 is 11.9 Å². The second-order valence-corrected chi connectivity index (χ2v) is 5.26. The van der Waals surface area contributed by atoms with Crippen LogP contribution < -0.4 is 0 Å². The SMILES string of the molecule is CC(CN(C)C(=O)/C=C/c1ccc(Br)cc1)C(=O)O. The number of carboxylic acid groups (broad SMARTS) is 1. The first kappa shape index (κ1) is 15.4. The number of halogens is 1. The standard InChI is InChI=1S/C14H16BrNO3/c1-10(14(18)19)9-16(2)13(17)8-5-11-3-6-12(15)7-4-11/h3-8,10H,9H2,1-2H3,(H,18,19)/b8-5+. The van der Waals surface area contributed by atoms with Gasteiger partial charge in [-0.2, -0.15) is 0 Å². The quantitative estimate of drug-likeness (QED) is 0.847. The molecule has 0 fully saturated rings. The van der Waals surface area contributed by atoms with Crippen LogP contribution in [-0.2, 0) is 9.59 Å². The Bertz CT molecular complexity index is 482. The number of hydrogen-bond donors (Lipinski definition) is 1. The highest BCUT2D eigenvalue weighted by atomic mass is 79.9. The van der Waals surface area contributed by atoms with Crippen molar-refractivity contribution < 1.29 is 14.7 Å². The Hall–Kier alpha value is -1.62. The lowest BCUT2D eigenvalue weighted by Crippen LogP contribution is -2.32. The van der Waals surface area contributed by atoms with Crippen molar-refractivity contribution in [2.75, 3.05) is 13.6 Å². The average molecular weight is 326 g/mol. The lowest BCUT2D eigenvalue weighted by Gasteiger charge is -2.17. The van der Waals surface area contributed by atoms with Gasteiger partial charge >= 0.3 is 5.97 Å². The molecule has 1 aromatic rings. The number of hydrogen-bond acceptors (Lipinski definition) is 2. The minimum absolute atomic E-state index is 0.193. The molecule has 1 aromatic carbocycles. The highest BCUT2D eigenvalue weighted by Gasteiger charge is 2.15. The fourth-order valence-electron chi connectivity index (χ4n) is 1.45. The predicted molar refractivity (Wildman–Crippen MR) is 77.6 cm³/mol. The maximum Gasteiger partial charge on any atom is 0.308 e. The molecule has 0 spiro atoms. The molecule has 1 amide bonds. The van der Waals surface area contributed by atoms with Crippen LogP contribution in [0.2, 0.25) is 0 Å². The van der Waals surface area contributed by atoms with Gasteiger partial charge in [-0.15, -0.1) is 0 Å². The van der Waals surface area contributed by atoms with Crippen molar-refractivity contribution in [1.82, 2.24) is 4.90 Å². The summed E-state index contributed by atoms with van der Waals surface area (Å²) in [5.74, 6) is -1.69. The van der Waals surface area contributed by atoms with Crippen LogP contribution >= 0.6 is 15.9 Å². The number of carboxylic acids is 1. The molecule has 0 saturated heterocycles. The molecule has 0 heterocycles. The lowest BCUT2D eigenvalue weighted by atomic mass is 10.1. The third-order valence-electron chi connectivity index (χ3n) is 2.63. The summed E-state index contributed by atoms with van der Waals surface area (Å²) >= 11 is 3.33. The molecule has 1 atom stereocenters. The molecular formula is C14H16BrNO3. The van der Waals surface area contributed by atoms with E-state index in [1.165, 1.54) is 11.0 Å². The molecule has 0 saturated carbocycles. The summed E-state index contributed by atoms with van der Waals surface area (Å²) < 4.78 is 0.975. The lowest BCUT2D eigenvalue weighted by molar-refractivity contribution is -0.142. The van der Waals surface area contributed by atoms with Gasteiger partial charge in [-0.3, -0.25) is 9.59 Å². The van der Waals surface area contributed by atoms with Gasteiger partial charge in [-0.1, -0.05) is 35.0 Å². The molecule has 0 bridgehead atoms. The molecule has 4 nitrogen and oxygen atoms in total. The molecule has 0 aliphatic carbocycles. The summed E-state index contributed by atoms with van der Waals surface area (Å²) in [6.07, 6.45) is 3.15. The summed E-state index contributed by atoms with van der Waals surface area (Å²) in [5.41, 5.74) is 0.913. The minimum Gasteiger partial charge on any atom is -0.481 e. The Morgan fingerprint density at radius 3 is 2.47 bits per heavy atom. The van der Waals surface area contributed by atoms with E-state index in [2.05, 4.69) is 15.9 Å². The third-order valence-corrected chi connectivity index (χ3v) is 3.16. The largest absolute Gasteiger partial charge is 0.481 e. The Kier molecular flexibility index (Phi) is 5.76. The molecule has 102 valence electrons. The number of carbonyl (C=O) groups excluding carboxylic acids is 1. The van der Waals surface area contributed by atoms with Crippen molar-refractivity contribution in [3.8, 4) is 0 Å². The van der Waals surface area contributed by atoms with E-state index in [1.807, 2.05) is 24.3 Å². The summed E-state index contributed by atoms with van der Waals surface area (Å²) in [7, 11) is 1.59. The second kappa shape index (κ2) is 7.09. The normalized spacial score (nSPS) is 12.4. The predicted octanol–water partition coefficient (Wildman–Crippen LogP) is 2.64. The van der Waals surface area contributed by atoms with Gasteiger partial charge in [0, 0.05) is 24.1 Å². The molecule has 1 unspecified atom stereocenters. The Morgan fingerprint density at radius 2 is 1.95 bits per heavy atom. The van der Waals surface area contributed by atoms with Crippen molar-refractivity contribution in [2.24, 2.45) is 5.92 Å². The first-order valence-electron chi connectivity index (χ1n) is 5.81. The number of benzene rings is 1. The molecule has 1 N–H and O–H groups in total. The topological polar surface area (TPSA) is 57.6 Å². The van der Waals surface area contributed by atoms with Crippen molar-refractivity contribution in [1.29, 1.82) is 0 Å². The van der Waals surface area contributed by atoms with Crippen LogP contribution in [0.4, 0.5) is 0 Å².